The van der Waals surface area contributed by atoms with Crippen LogP contribution in [0.4, 0.5) is 0 Å². The molecule has 0 aliphatic carbocycles. The van der Waals surface area contributed by atoms with Crippen LogP contribution in [0.3, 0.4) is 0 Å². The van der Waals surface area contributed by atoms with Gasteiger partial charge in [-0.15, -0.1) is 0 Å². The van der Waals surface area contributed by atoms with E-state index in [4.69, 9.17) is 5.73 Å². The van der Waals surface area contributed by atoms with Crippen molar-refractivity contribution in [2.45, 2.75) is 26.2 Å². The lowest BCUT2D eigenvalue weighted by Crippen LogP contribution is -2.33. The predicted octanol–water partition coefficient (Wildman–Crippen LogP) is 0.840. The van der Waals surface area contributed by atoms with Gasteiger partial charge in [0.15, 0.2) is 0 Å². The van der Waals surface area contributed by atoms with E-state index in [2.05, 4.69) is 18.9 Å². The van der Waals surface area contributed by atoms with Crippen molar-refractivity contribution >= 4 is 5.91 Å². The molecule has 1 aliphatic rings. The molecule has 0 saturated carbocycles. The number of nitrogens with zero attached hydrogens (tertiary/aromatic N) is 1. The van der Waals surface area contributed by atoms with Gasteiger partial charge >= 0.3 is 0 Å². The van der Waals surface area contributed by atoms with Gasteiger partial charge in [0.25, 0.3) is 0 Å². The summed E-state index contributed by atoms with van der Waals surface area (Å²) in [6.07, 6.45) is 2.98. The molecular weight excluding hydrogens is 164 g/mol. The Labute approximate surface area is 80.3 Å². The molecule has 0 spiro atoms. The fraction of sp³-hybridized carbons (Fsp3) is 0.900. The van der Waals surface area contributed by atoms with Gasteiger partial charge in [0.2, 0.25) is 5.91 Å². The van der Waals surface area contributed by atoms with Crippen LogP contribution in [-0.4, -0.2) is 30.9 Å². The Balaban J connectivity index is 2.31. The van der Waals surface area contributed by atoms with Gasteiger partial charge < -0.3 is 10.6 Å². The van der Waals surface area contributed by atoms with Crippen molar-refractivity contribution in [3.8, 4) is 0 Å². The zero-order valence-corrected chi connectivity index (χ0v) is 8.62. The number of carbonyl (C=O) groups is 1. The number of likely N-dealkylation sites (tertiary alicyclic amines) is 1. The highest BCUT2D eigenvalue weighted by molar-refractivity contribution is 5.73. The van der Waals surface area contributed by atoms with Gasteiger partial charge in [-0.2, -0.15) is 0 Å². The molecule has 0 aromatic rings. The molecule has 1 rings (SSSR count). The lowest BCUT2D eigenvalue weighted by molar-refractivity contribution is -0.119. The number of primary amides is 1. The maximum absolute atomic E-state index is 10.7. The predicted molar refractivity (Wildman–Crippen MR) is 53.2 cm³/mol. The summed E-state index contributed by atoms with van der Waals surface area (Å²) >= 11 is 0. The molecular formula is C10H20N2O. The molecule has 1 aliphatic heterocycles. The summed E-state index contributed by atoms with van der Waals surface area (Å²) in [5.41, 5.74) is 5.18. The lowest BCUT2D eigenvalue weighted by atomic mass is 9.83. The molecule has 0 aromatic heterocycles. The van der Waals surface area contributed by atoms with Gasteiger partial charge in [-0.3, -0.25) is 4.79 Å². The summed E-state index contributed by atoms with van der Waals surface area (Å²) in [6, 6.07) is 0. The van der Waals surface area contributed by atoms with E-state index < -0.39 is 0 Å². The number of rotatable bonds is 3. The quantitative estimate of drug-likeness (QED) is 0.706. The van der Waals surface area contributed by atoms with Gasteiger partial charge in [0.1, 0.15) is 0 Å². The molecule has 0 bridgehead atoms. The van der Waals surface area contributed by atoms with Crippen molar-refractivity contribution in [3.63, 3.8) is 0 Å². The van der Waals surface area contributed by atoms with Crippen LogP contribution in [0.2, 0.25) is 0 Å². The molecule has 13 heavy (non-hydrogen) atoms. The van der Waals surface area contributed by atoms with E-state index in [-0.39, 0.29) is 5.91 Å². The molecule has 1 saturated heterocycles. The van der Waals surface area contributed by atoms with Crippen LogP contribution in [0, 0.1) is 11.8 Å². The first-order valence-electron chi connectivity index (χ1n) is 5.06. The van der Waals surface area contributed by atoms with Crippen LogP contribution in [-0.2, 0) is 4.79 Å². The van der Waals surface area contributed by atoms with Crippen LogP contribution in [0.1, 0.15) is 26.2 Å². The molecule has 1 atom stereocenters. The van der Waals surface area contributed by atoms with E-state index in [0.717, 1.165) is 13.1 Å². The minimum atomic E-state index is -0.161. The van der Waals surface area contributed by atoms with Crippen LogP contribution < -0.4 is 5.73 Å². The molecule has 2 N–H and O–H groups in total. The van der Waals surface area contributed by atoms with Crippen molar-refractivity contribution in [3.05, 3.63) is 0 Å². The third kappa shape index (κ3) is 3.35. The first-order chi connectivity index (χ1) is 6.09. The van der Waals surface area contributed by atoms with E-state index in [1.807, 2.05) is 0 Å². The third-order valence-corrected chi connectivity index (χ3v) is 3.09. The second-order valence-electron chi connectivity index (χ2n) is 4.29. The zero-order valence-electron chi connectivity index (χ0n) is 8.62. The van der Waals surface area contributed by atoms with Crippen LogP contribution in [0.25, 0.3) is 0 Å². The first kappa shape index (κ1) is 10.5. The summed E-state index contributed by atoms with van der Waals surface area (Å²) in [7, 11) is 2.15. The second-order valence-corrected chi connectivity index (χ2v) is 4.29. The van der Waals surface area contributed by atoms with Gasteiger partial charge in [0.05, 0.1) is 0 Å². The van der Waals surface area contributed by atoms with Crippen molar-refractivity contribution in [1.82, 2.24) is 4.90 Å². The number of piperidine rings is 1. The highest BCUT2D eigenvalue weighted by Gasteiger charge is 2.22. The molecule has 3 heteroatoms. The number of amides is 1. The fourth-order valence-electron chi connectivity index (χ4n) is 2.08. The Morgan fingerprint density at radius 2 is 2.08 bits per heavy atom. The number of hydrogen-bond acceptors (Lipinski definition) is 2. The van der Waals surface area contributed by atoms with Gasteiger partial charge in [-0.05, 0) is 44.8 Å². The zero-order chi connectivity index (χ0) is 9.84. The average molecular weight is 184 g/mol. The van der Waals surface area contributed by atoms with Gasteiger partial charge in [-0.1, -0.05) is 6.92 Å². The van der Waals surface area contributed by atoms with Crippen molar-refractivity contribution < 1.29 is 4.79 Å². The third-order valence-electron chi connectivity index (χ3n) is 3.09. The van der Waals surface area contributed by atoms with E-state index in [1.165, 1.54) is 12.8 Å². The standard InChI is InChI=1S/C10H20N2O/c1-8(7-10(11)13)9-3-5-12(2)6-4-9/h8-9H,3-7H2,1-2H3,(H2,11,13). The molecule has 1 amide bonds. The summed E-state index contributed by atoms with van der Waals surface area (Å²) < 4.78 is 0. The average Bonchev–Trinajstić information content (AvgIpc) is 2.04. The Hall–Kier alpha value is -0.570. The summed E-state index contributed by atoms with van der Waals surface area (Å²) in [5.74, 6) is 1.00. The topological polar surface area (TPSA) is 46.3 Å². The van der Waals surface area contributed by atoms with Crippen LogP contribution in [0.5, 0.6) is 0 Å². The highest BCUT2D eigenvalue weighted by Crippen LogP contribution is 2.26. The first-order valence-corrected chi connectivity index (χ1v) is 5.06. The van der Waals surface area contributed by atoms with Crippen molar-refractivity contribution in [1.29, 1.82) is 0 Å². The monoisotopic (exact) mass is 184 g/mol. The molecule has 76 valence electrons. The summed E-state index contributed by atoms with van der Waals surface area (Å²) in [6.45, 7) is 4.46. The minimum absolute atomic E-state index is 0.161. The maximum Gasteiger partial charge on any atom is 0.217 e. The summed E-state index contributed by atoms with van der Waals surface area (Å²) in [4.78, 5) is 13.1. The van der Waals surface area contributed by atoms with Crippen LogP contribution >= 0.6 is 0 Å². The number of nitrogens with two attached hydrogens (primary N) is 1. The fourth-order valence-corrected chi connectivity index (χ4v) is 2.08. The largest absolute Gasteiger partial charge is 0.370 e. The molecule has 1 heterocycles. The number of carbonyl (C=O) groups excluding carboxylic acids is 1. The molecule has 1 fully saturated rings. The highest BCUT2D eigenvalue weighted by atomic mass is 16.1. The minimum Gasteiger partial charge on any atom is -0.370 e. The Bertz CT molecular complexity index is 174. The van der Waals surface area contributed by atoms with Crippen molar-refractivity contribution in [2.24, 2.45) is 17.6 Å². The van der Waals surface area contributed by atoms with E-state index in [0.29, 0.717) is 18.3 Å². The molecule has 1 unspecified atom stereocenters. The van der Waals surface area contributed by atoms with Crippen molar-refractivity contribution in [2.75, 3.05) is 20.1 Å². The van der Waals surface area contributed by atoms with E-state index in [9.17, 15) is 4.79 Å². The lowest BCUT2D eigenvalue weighted by Gasteiger charge is -2.32. The van der Waals surface area contributed by atoms with Crippen LogP contribution in [0.15, 0.2) is 0 Å². The Morgan fingerprint density at radius 3 is 2.54 bits per heavy atom. The molecule has 0 radical (unpaired) electrons. The van der Waals surface area contributed by atoms with Gasteiger partial charge in [0, 0.05) is 6.42 Å². The van der Waals surface area contributed by atoms with Gasteiger partial charge in [-0.25, -0.2) is 0 Å². The number of hydrogen-bond donors (Lipinski definition) is 1. The summed E-state index contributed by atoms with van der Waals surface area (Å²) in [5, 5.41) is 0. The van der Waals surface area contributed by atoms with E-state index >= 15 is 0 Å². The maximum atomic E-state index is 10.7. The molecule has 3 nitrogen and oxygen atoms in total. The molecule has 0 aromatic carbocycles. The smallest absolute Gasteiger partial charge is 0.217 e. The Morgan fingerprint density at radius 1 is 1.54 bits per heavy atom. The second kappa shape index (κ2) is 4.61. The Kier molecular flexibility index (Phi) is 3.72. The van der Waals surface area contributed by atoms with E-state index in [1.54, 1.807) is 0 Å². The normalized spacial score (nSPS) is 22.9. The SMILES string of the molecule is CC(CC(N)=O)C1CCN(C)CC1.